The van der Waals surface area contributed by atoms with E-state index in [1.807, 2.05) is 48.5 Å². The van der Waals surface area contributed by atoms with Crippen molar-refractivity contribution in [3.8, 4) is 5.75 Å². The van der Waals surface area contributed by atoms with Gasteiger partial charge in [0.05, 0.1) is 24.9 Å². The van der Waals surface area contributed by atoms with E-state index in [4.69, 9.17) is 9.47 Å². The number of nitrogens with zero attached hydrogens (tertiary/aromatic N) is 3. The number of fused-ring (bicyclic) bond motifs is 2. The fraction of sp³-hybridized carbons (Fsp3) is 0.217. The molecule has 0 saturated heterocycles. The van der Waals surface area contributed by atoms with Crippen molar-refractivity contribution in [2.75, 3.05) is 13.2 Å². The van der Waals surface area contributed by atoms with E-state index in [9.17, 15) is 8.42 Å². The minimum Gasteiger partial charge on any atom is -0.492 e. The molecule has 1 aliphatic rings. The van der Waals surface area contributed by atoms with Crippen LogP contribution in [0.2, 0.25) is 0 Å². The van der Waals surface area contributed by atoms with Crippen molar-refractivity contribution in [3.63, 3.8) is 0 Å². The van der Waals surface area contributed by atoms with Gasteiger partial charge >= 0.3 is 0 Å². The zero-order valence-corrected chi connectivity index (χ0v) is 18.8. The van der Waals surface area contributed by atoms with Crippen LogP contribution in [0, 0.1) is 0 Å². The molecule has 0 aliphatic carbocycles. The highest BCUT2D eigenvalue weighted by molar-refractivity contribution is 7.89. The molecule has 0 amide bonds. The molecule has 0 spiro atoms. The van der Waals surface area contributed by atoms with Crippen LogP contribution in [0.3, 0.4) is 0 Å². The molecule has 164 valence electrons. The molecule has 0 saturated carbocycles. The summed E-state index contributed by atoms with van der Waals surface area (Å²) in [5.41, 5.74) is 3.88. The maximum Gasteiger partial charge on any atom is 0.245 e. The smallest absolute Gasteiger partial charge is 0.245 e. The predicted octanol–water partition coefficient (Wildman–Crippen LogP) is 3.99. The Bertz CT molecular complexity index is 1340. The van der Waals surface area contributed by atoms with Gasteiger partial charge in [0.1, 0.15) is 28.3 Å². The minimum atomic E-state index is -3.76. The van der Waals surface area contributed by atoms with Crippen molar-refractivity contribution >= 4 is 32.8 Å². The first-order valence-corrected chi connectivity index (χ1v) is 12.4. The zero-order chi connectivity index (χ0) is 22.0. The summed E-state index contributed by atoms with van der Waals surface area (Å²) in [5, 5.41) is 0. The third kappa shape index (κ3) is 4.24. The zero-order valence-electron chi connectivity index (χ0n) is 17.2. The van der Waals surface area contributed by atoms with E-state index in [2.05, 4.69) is 8.75 Å². The second-order valence-electron chi connectivity index (χ2n) is 7.50. The van der Waals surface area contributed by atoms with Gasteiger partial charge in [0.2, 0.25) is 10.0 Å². The third-order valence-corrected chi connectivity index (χ3v) is 7.74. The van der Waals surface area contributed by atoms with Gasteiger partial charge in [0.15, 0.2) is 0 Å². The van der Waals surface area contributed by atoms with Crippen molar-refractivity contribution in [3.05, 3.63) is 83.4 Å². The molecule has 7 nitrogen and oxygen atoms in total. The molecule has 32 heavy (non-hydrogen) atoms. The highest BCUT2D eigenvalue weighted by Gasteiger charge is 2.30. The van der Waals surface area contributed by atoms with Gasteiger partial charge in [-0.15, -0.1) is 0 Å². The average molecular weight is 468 g/mol. The topological polar surface area (TPSA) is 81.6 Å². The highest BCUT2D eigenvalue weighted by Crippen LogP contribution is 2.30. The molecule has 0 N–H and O–H groups in total. The van der Waals surface area contributed by atoms with Gasteiger partial charge < -0.3 is 9.47 Å². The summed E-state index contributed by atoms with van der Waals surface area (Å²) in [6, 6.07) is 20.8. The van der Waals surface area contributed by atoms with Crippen LogP contribution in [0.15, 0.2) is 71.6 Å². The minimum absolute atomic E-state index is 0.176. The van der Waals surface area contributed by atoms with E-state index < -0.39 is 10.0 Å². The molecule has 5 rings (SSSR count). The summed E-state index contributed by atoms with van der Waals surface area (Å²) in [6.45, 7) is 1.70. The van der Waals surface area contributed by atoms with Crippen LogP contribution in [0.25, 0.3) is 11.0 Å². The van der Waals surface area contributed by atoms with Crippen LogP contribution in [-0.4, -0.2) is 34.6 Å². The number of rotatable bonds is 6. The first-order chi connectivity index (χ1) is 15.6. The summed E-state index contributed by atoms with van der Waals surface area (Å²) in [5.74, 6) is 0.697. The van der Waals surface area contributed by atoms with Crippen molar-refractivity contribution < 1.29 is 17.9 Å². The van der Waals surface area contributed by atoms with E-state index in [0.29, 0.717) is 30.0 Å². The van der Waals surface area contributed by atoms with Gasteiger partial charge in [-0.05, 0) is 35.4 Å². The first-order valence-electron chi connectivity index (χ1n) is 10.2. The number of benzene rings is 3. The fourth-order valence-corrected chi connectivity index (χ4v) is 5.86. The molecule has 1 aromatic heterocycles. The Morgan fingerprint density at radius 2 is 1.81 bits per heavy atom. The van der Waals surface area contributed by atoms with Gasteiger partial charge in [-0.25, -0.2) is 8.42 Å². The molecule has 4 aromatic rings. The monoisotopic (exact) mass is 467 g/mol. The van der Waals surface area contributed by atoms with Crippen LogP contribution in [0.1, 0.15) is 16.7 Å². The molecule has 3 aromatic carbocycles. The summed E-state index contributed by atoms with van der Waals surface area (Å²) < 4.78 is 48.4. The van der Waals surface area contributed by atoms with Crippen LogP contribution >= 0.6 is 11.7 Å². The third-order valence-electron chi connectivity index (χ3n) is 5.32. The first kappa shape index (κ1) is 21.0. The van der Waals surface area contributed by atoms with Gasteiger partial charge in [0, 0.05) is 18.7 Å². The van der Waals surface area contributed by atoms with Crippen LogP contribution in [-0.2, 0) is 34.5 Å². The van der Waals surface area contributed by atoms with Crippen LogP contribution in [0.5, 0.6) is 5.75 Å². The maximum absolute atomic E-state index is 13.5. The SMILES string of the molecule is O=S(=O)(c1cccc2nsnc12)N1CCOc2ccc(COCc3ccccc3)cc2C1. The normalized spacial score (nSPS) is 14.6. The van der Waals surface area contributed by atoms with E-state index >= 15 is 0 Å². The molecular weight excluding hydrogens is 446 g/mol. The molecule has 1 aliphatic heterocycles. The van der Waals surface area contributed by atoms with Gasteiger partial charge in [-0.3, -0.25) is 0 Å². The Morgan fingerprint density at radius 1 is 0.969 bits per heavy atom. The van der Waals surface area contributed by atoms with E-state index in [0.717, 1.165) is 28.4 Å². The molecular formula is C23H21N3O4S2. The molecule has 0 atom stereocenters. The van der Waals surface area contributed by atoms with Crippen molar-refractivity contribution in [2.45, 2.75) is 24.7 Å². The lowest BCUT2D eigenvalue weighted by Crippen LogP contribution is -2.32. The maximum atomic E-state index is 13.5. The number of ether oxygens (including phenoxy) is 2. The fourth-order valence-electron chi connectivity index (χ4n) is 3.71. The predicted molar refractivity (Wildman–Crippen MR) is 122 cm³/mol. The lowest BCUT2D eigenvalue weighted by atomic mass is 10.1. The lowest BCUT2D eigenvalue weighted by Gasteiger charge is -2.20. The lowest BCUT2D eigenvalue weighted by molar-refractivity contribution is 0.107. The number of aromatic nitrogens is 2. The Kier molecular flexibility index (Phi) is 5.88. The molecule has 0 bridgehead atoms. The van der Waals surface area contributed by atoms with Crippen molar-refractivity contribution in [1.82, 2.24) is 13.1 Å². The summed E-state index contributed by atoms with van der Waals surface area (Å²) in [6.07, 6.45) is 0. The second-order valence-corrected chi connectivity index (χ2v) is 9.93. The van der Waals surface area contributed by atoms with Gasteiger partial charge in [0.25, 0.3) is 0 Å². The van der Waals surface area contributed by atoms with E-state index in [-0.39, 0.29) is 24.6 Å². The van der Waals surface area contributed by atoms with Crippen LogP contribution in [0.4, 0.5) is 0 Å². The Hall–Kier alpha value is -2.85. The van der Waals surface area contributed by atoms with E-state index in [1.54, 1.807) is 18.2 Å². The second kappa shape index (κ2) is 8.95. The summed E-state index contributed by atoms with van der Waals surface area (Å²) in [4.78, 5) is 0.176. The quantitative estimate of drug-likeness (QED) is 0.427. The Labute approximate surface area is 190 Å². The standard InChI is InChI=1S/C23H21N3O4S2/c27-32(28,22-8-4-7-20-23(22)25-31-24-20)26-11-12-30-21-10-9-18(13-19(21)14-26)16-29-15-17-5-2-1-3-6-17/h1-10,13H,11-12,14-16H2. The average Bonchev–Trinajstić information content (AvgIpc) is 3.18. The number of hydrogen-bond acceptors (Lipinski definition) is 7. The largest absolute Gasteiger partial charge is 0.492 e. The Balaban J connectivity index is 1.36. The van der Waals surface area contributed by atoms with Gasteiger partial charge in [-0.1, -0.05) is 42.5 Å². The molecule has 0 fully saturated rings. The summed E-state index contributed by atoms with van der Waals surface area (Å²) in [7, 11) is -3.76. The summed E-state index contributed by atoms with van der Waals surface area (Å²) >= 11 is 1.01. The molecule has 9 heteroatoms. The van der Waals surface area contributed by atoms with Crippen molar-refractivity contribution in [1.29, 1.82) is 0 Å². The Morgan fingerprint density at radius 3 is 2.69 bits per heavy atom. The van der Waals surface area contributed by atoms with Crippen molar-refractivity contribution in [2.24, 2.45) is 0 Å². The number of sulfonamides is 1. The van der Waals surface area contributed by atoms with Gasteiger partial charge in [-0.2, -0.15) is 13.1 Å². The van der Waals surface area contributed by atoms with E-state index in [1.165, 1.54) is 4.31 Å². The number of hydrogen-bond donors (Lipinski definition) is 0. The molecule has 0 radical (unpaired) electrons. The molecule has 0 unspecified atom stereocenters. The van der Waals surface area contributed by atoms with Crippen LogP contribution < -0.4 is 4.74 Å². The highest BCUT2D eigenvalue weighted by atomic mass is 32.2. The molecule has 2 heterocycles.